The number of rotatable bonds is 18. The van der Waals surface area contributed by atoms with Crippen LogP contribution < -0.4 is 0 Å². The van der Waals surface area contributed by atoms with Crippen LogP contribution in [-0.2, 0) is 11.3 Å². The largest absolute Gasteiger partial charge is 0.337 e. The second-order valence-electron chi connectivity index (χ2n) is 11.3. The smallest absolute Gasteiger partial charge is 0.222 e. The molecule has 1 heterocycles. The van der Waals surface area contributed by atoms with Gasteiger partial charge in [-0.05, 0) is 18.6 Å². The molecule has 0 bridgehead atoms. The van der Waals surface area contributed by atoms with Gasteiger partial charge in [-0.3, -0.25) is 4.79 Å². The third-order valence-corrected chi connectivity index (χ3v) is 7.86. The van der Waals surface area contributed by atoms with Crippen LogP contribution in [0.1, 0.15) is 122 Å². The quantitative estimate of drug-likeness (QED) is 0.150. The average Bonchev–Trinajstić information content (AvgIpc) is 3.04. The van der Waals surface area contributed by atoms with Crippen LogP contribution in [0.2, 0.25) is 0 Å². The van der Waals surface area contributed by atoms with Crippen molar-refractivity contribution >= 4 is 5.91 Å². The van der Waals surface area contributed by atoms with Crippen LogP contribution in [0.5, 0.6) is 0 Å². The van der Waals surface area contributed by atoms with E-state index in [1.807, 2.05) is 12.1 Å². The van der Waals surface area contributed by atoms with Gasteiger partial charge in [-0.1, -0.05) is 109 Å². The maximum atomic E-state index is 13.2. The van der Waals surface area contributed by atoms with Crippen molar-refractivity contribution in [3.8, 4) is 0 Å². The summed E-state index contributed by atoms with van der Waals surface area (Å²) >= 11 is 0. The highest BCUT2D eigenvalue weighted by molar-refractivity contribution is 5.76. The Morgan fingerprint density at radius 3 is 1.83 bits per heavy atom. The van der Waals surface area contributed by atoms with Crippen LogP contribution in [0.3, 0.4) is 0 Å². The highest BCUT2D eigenvalue weighted by Crippen LogP contribution is 2.18. The van der Waals surface area contributed by atoms with E-state index in [0.717, 1.165) is 50.0 Å². The average molecular weight is 490 g/mol. The minimum Gasteiger partial charge on any atom is -0.337 e. The van der Waals surface area contributed by atoms with E-state index in [4.69, 9.17) is 0 Å². The number of benzene rings is 1. The van der Waals surface area contributed by atoms with Crippen LogP contribution in [0.15, 0.2) is 24.3 Å². The number of amides is 1. The van der Waals surface area contributed by atoms with Gasteiger partial charge in [-0.25, -0.2) is 4.39 Å². The first-order valence-electron chi connectivity index (χ1n) is 14.9. The fourth-order valence-corrected chi connectivity index (χ4v) is 5.47. The molecule has 0 spiro atoms. The van der Waals surface area contributed by atoms with E-state index in [2.05, 4.69) is 18.9 Å². The van der Waals surface area contributed by atoms with E-state index in [1.165, 1.54) is 95.5 Å². The molecule has 1 unspecified atom stereocenters. The van der Waals surface area contributed by atoms with Crippen LogP contribution in [0.25, 0.3) is 0 Å². The zero-order valence-corrected chi connectivity index (χ0v) is 23.0. The number of unbranched alkanes of at least 4 members (excludes halogenated alkanes) is 14. The third-order valence-electron chi connectivity index (χ3n) is 7.86. The molecule has 0 saturated carbocycles. The van der Waals surface area contributed by atoms with Gasteiger partial charge in [0.1, 0.15) is 12.4 Å². The molecule has 35 heavy (non-hydrogen) atoms. The topological polar surface area (TPSA) is 20.3 Å². The van der Waals surface area contributed by atoms with Crippen LogP contribution in [0.4, 0.5) is 4.39 Å². The summed E-state index contributed by atoms with van der Waals surface area (Å²) in [6.45, 7) is 6.96. The van der Waals surface area contributed by atoms with Gasteiger partial charge in [0.2, 0.25) is 5.91 Å². The van der Waals surface area contributed by atoms with Crippen molar-refractivity contribution in [2.24, 2.45) is 0 Å². The Labute approximate surface area is 216 Å². The molecule has 0 aliphatic carbocycles. The first kappa shape index (κ1) is 29.8. The van der Waals surface area contributed by atoms with Crippen molar-refractivity contribution in [3.05, 3.63) is 35.6 Å². The molecular weight excluding hydrogens is 435 g/mol. The number of hydrogen-bond acceptors (Lipinski definition) is 1. The molecular formula is C31H54FN2O+. The number of carbonyl (C=O) groups excluding carboxylic acids is 1. The Morgan fingerprint density at radius 1 is 0.771 bits per heavy atom. The van der Waals surface area contributed by atoms with Crippen LogP contribution in [-0.4, -0.2) is 48.5 Å². The maximum Gasteiger partial charge on any atom is 0.222 e. The molecule has 1 aliphatic heterocycles. The first-order valence-corrected chi connectivity index (χ1v) is 14.9. The summed E-state index contributed by atoms with van der Waals surface area (Å²) in [6.07, 6.45) is 22.1. The van der Waals surface area contributed by atoms with E-state index in [0.29, 0.717) is 12.3 Å². The summed E-state index contributed by atoms with van der Waals surface area (Å²) in [4.78, 5) is 14.9. The molecule has 1 amide bonds. The molecule has 4 heteroatoms. The lowest BCUT2D eigenvalue weighted by atomic mass is 10.0. The summed E-state index contributed by atoms with van der Waals surface area (Å²) < 4.78 is 14.1. The molecule has 0 N–H and O–H groups in total. The molecule has 1 atom stereocenters. The van der Waals surface area contributed by atoms with Crippen molar-refractivity contribution in [2.75, 3.05) is 33.2 Å². The predicted octanol–water partition coefficient (Wildman–Crippen LogP) is 8.27. The van der Waals surface area contributed by atoms with E-state index in [9.17, 15) is 9.18 Å². The second kappa shape index (κ2) is 17.9. The Balaban J connectivity index is 1.46. The number of likely N-dealkylation sites (N-methyl/N-ethyl adjacent to an activating group) is 1. The van der Waals surface area contributed by atoms with Gasteiger partial charge in [0.05, 0.1) is 26.7 Å². The molecule has 2 rings (SSSR count). The molecule has 0 radical (unpaired) electrons. The highest BCUT2D eigenvalue weighted by atomic mass is 19.1. The van der Waals surface area contributed by atoms with E-state index < -0.39 is 0 Å². The lowest BCUT2D eigenvalue weighted by molar-refractivity contribution is -0.920. The normalized spacial score (nSPS) is 18.5. The maximum absolute atomic E-state index is 13.2. The molecule has 3 nitrogen and oxygen atoms in total. The van der Waals surface area contributed by atoms with Crippen LogP contribution in [0, 0.1) is 5.82 Å². The lowest BCUT2D eigenvalue weighted by Gasteiger charge is -2.33. The SMILES string of the molecule is CCCCCCCCCCCCCCCCCC(=O)N1CCC[N+](C)(Cc2ccc(F)cc2)CC1. The molecule has 1 fully saturated rings. The van der Waals surface area contributed by atoms with Gasteiger partial charge in [0.15, 0.2) is 0 Å². The summed E-state index contributed by atoms with van der Waals surface area (Å²) in [5.74, 6) is 0.165. The fraction of sp³-hybridized carbons (Fsp3) is 0.774. The van der Waals surface area contributed by atoms with Crippen molar-refractivity contribution < 1.29 is 13.7 Å². The number of quaternary nitrogens is 1. The summed E-state index contributed by atoms with van der Waals surface area (Å²) in [6, 6.07) is 6.88. The minimum atomic E-state index is -0.178. The Hall–Kier alpha value is -1.42. The third kappa shape index (κ3) is 13.5. The number of hydrogen-bond donors (Lipinski definition) is 0. The van der Waals surface area contributed by atoms with Crippen molar-refractivity contribution in [3.63, 3.8) is 0 Å². The fourth-order valence-electron chi connectivity index (χ4n) is 5.47. The second-order valence-corrected chi connectivity index (χ2v) is 11.3. The van der Waals surface area contributed by atoms with Gasteiger partial charge in [0, 0.05) is 24.9 Å². The minimum absolute atomic E-state index is 0.178. The molecule has 1 aromatic carbocycles. The molecule has 0 aromatic heterocycles. The van der Waals surface area contributed by atoms with Crippen molar-refractivity contribution in [1.82, 2.24) is 4.90 Å². The van der Waals surface area contributed by atoms with E-state index >= 15 is 0 Å². The zero-order chi connectivity index (χ0) is 25.2. The van der Waals surface area contributed by atoms with E-state index in [-0.39, 0.29) is 5.82 Å². The number of carbonyl (C=O) groups is 1. The summed E-state index contributed by atoms with van der Waals surface area (Å²) in [5.41, 5.74) is 1.17. The number of nitrogens with zero attached hydrogens (tertiary/aromatic N) is 2. The van der Waals surface area contributed by atoms with E-state index in [1.54, 1.807) is 12.1 Å². The molecule has 1 saturated heterocycles. The predicted molar refractivity (Wildman–Crippen MR) is 147 cm³/mol. The van der Waals surface area contributed by atoms with Gasteiger partial charge < -0.3 is 9.38 Å². The van der Waals surface area contributed by atoms with Gasteiger partial charge in [-0.2, -0.15) is 0 Å². The van der Waals surface area contributed by atoms with Crippen LogP contribution >= 0.6 is 0 Å². The van der Waals surface area contributed by atoms with Gasteiger partial charge >= 0.3 is 0 Å². The lowest BCUT2D eigenvalue weighted by Crippen LogP contribution is -2.46. The zero-order valence-electron chi connectivity index (χ0n) is 23.0. The first-order chi connectivity index (χ1) is 17.0. The Morgan fingerprint density at radius 2 is 1.29 bits per heavy atom. The standard InChI is InChI=1S/C31H54FN2O/c1-3-4-5-6-7-8-9-10-11-12-13-14-15-16-17-19-31(35)33-24-18-26-34(2,27-25-33)28-29-20-22-30(32)23-21-29/h20-23H,3-19,24-28H2,1-2H3/q+1. The van der Waals surface area contributed by atoms with Gasteiger partial charge in [0.25, 0.3) is 0 Å². The monoisotopic (exact) mass is 489 g/mol. The Kier molecular flexibility index (Phi) is 15.3. The number of halogens is 1. The van der Waals surface area contributed by atoms with Gasteiger partial charge in [-0.15, -0.1) is 0 Å². The van der Waals surface area contributed by atoms with Crippen molar-refractivity contribution in [2.45, 2.75) is 123 Å². The highest BCUT2D eigenvalue weighted by Gasteiger charge is 2.28. The Bertz CT molecular complexity index is 677. The molecule has 200 valence electrons. The molecule has 1 aromatic rings. The summed E-state index contributed by atoms with van der Waals surface area (Å²) in [5, 5.41) is 0. The molecule has 1 aliphatic rings. The summed E-state index contributed by atoms with van der Waals surface area (Å²) in [7, 11) is 2.27. The van der Waals surface area contributed by atoms with Crippen molar-refractivity contribution in [1.29, 1.82) is 0 Å².